The molecule has 0 spiro atoms. The van der Waals surface area contributed by atoms with E-state index in [1.54, 1.807) is 0 Å². The molecule has 0 N–H and O–H groups in total. The summed E-state index contributed by atoms with van der Waals surface area (Å²) >= 11 is 3.87. The first kappa shape index (κ1) is 11.1. The molecule has 0 bridgehead atoms. The van der Waals surface area contributed by atoms with E-state index in [0.29, 0.717) is 5.75 Å². The number of pyridine rings is 1. The fraction of sp³-hybridized carbons (Fsp3) is 0.222. The lowest BCUT2D eigenvalue weighted by Crippen LogP contribution is -2.09. The Labute approximate surface area is 85.1 Å². The molecule has 0 aliphatic carbocycles. The molecule has 1 heterocycles. The van der Waals surface area contributed by atoms with E-state index in [1.807, 2.05) is 0 Å². The number of nitrogens with zero attached hydrogens (tertiary/aromatic N) is 1. The Hall–Kier alpha value is -0.970. The Balaban J connectivity index is 3.10. The number of hydrogen-bond acceptors (Lipinski definition) is 2. The Morgan fingerprint density at radius 1 is 1.43 bits per heavy atom. The average molecular weight is 219 g/mol. The lowest BCUT2D eigenvalue weighted by atomic mass is 10.2. The maximum Gasteiger partial charge on any atom is 0.433 e. The van der Waals surface area contributed by atoms with Gasteiger partial charge in [0.15, 0.2) is 5.69 Å². The summed E-state index contributed by atoms with van der Waals surface area (Å²) < 4.78 is 37.1. The Morgan fingerprint density at radius 2 is 2.14 bits per heavy atom. The molecule has 0 unspecified atom stereocenters. The first-order valence-corrected chi connectivity index (χ1v) is 4.48. The third-order valence-electron chi connectivity index (χ3n) is 1.51. The molecule has 0 amide bonds. The summed E-state index contributed by atoms with van der Waals surface area (Å²) in [5.74, 6) is 0.395. The number of thiol groups is 1. The van der Waals surface area contributed by atoms with Gasteiger partial charge >= 0.3 is 6.18 Å². The van der Waals surface area contributed by atoms with E-state index in [2.05, 4.69) is 17.6 Å². The molecule has 0 aliphatic rings. The average Bonchev–Trinajstić information content (AvgIpc) is 2.14. The highest BCUT2D eigenvalue weighted by Crippen LogP contribution is 2.30. The molecule has 14 heavy (non-hydrogen) atoms. The number of aromatic nitrogens is 1. The molecule has 0 aliphatic heterocycles. The molecule has 76 valence electrons. The summed E-state index contributed by atoms with van der Waals surface area (Å²) in [5.41, 5.74) is -0.799. The van der Waals surface area contributed by atoms with Gasteiger partial charge in [0.2, 0.25) is 0 Å². The predicted molar refractivity (Wildman–Crippen MR) is 52.1 cm³/mol. The number of hydrogen-bond donors (Lipinski definition) is 1. The molecule has 1 nitrogen and oxygen atoms in total. The van der Waals surface area contributed by atoms with Crippen LogP contribution in [0.25, 0.3) is 6.08 Å². The second-order valence-electron chi connectivity index (χ2n) is 2.52. The topological polar surface area (TPSA) is 12.9 Å². The van der Waals surface area contributed by atoms with Crippen LogP contribution in [-0.2, 0) is 6.18 Å². The second kappa shape index (κ2) is 4.50. The lowest BCUT2D eigenvalue weighted by Gasteiger charge is -2.07. The van der Waals surface area contributed by atoms with E-state index in [-0.39, 0.29) is 5.56 Å². The van der Waals surface area contributed by atoms with Crippen LogP contribution >= 0.6 is 12.6 Å². The monoisotopic (exact) mass is 219 g/mol. The molecule has 1 aromatic rings. The molecule has 0 fully saturated rings. The molecule has 0 radical (unpaired) electrons. The van der Waals surface area contributed by atoms with Crippen LogP contribution in [0.3, 0.4) is 0 Å². The minimum absolute atomic E-state index is 0.0639. The van der Waals surface area contributed by atoms with Crippen molar-refractivity contribution in [3.63, 3.8) is 0 Å². The van der Waals surface area contributed by atoms with Crippen molar-refractivity contribution < 1.29 is 13.2 Å². The summed E-state index contributed by atoms with van der Waals surface area (Å²) in [6, 6.07) is 2.84. The fourth-order valence-electron chi connectivity index (χ4n) is 0.969. The SMILES string of the molecule is FC(F)(F)c1ncccc1C=CCS. The van der Waals surface area contributed by atoms with E-state index in [1.165, 1.54) is 24.3 Å². The molecule has 1 aromatic heterocycles. The molecule has 5 heteroatoms. The van der Waals surface area contributed by atoms with Gasteiger partial charge < -0.3 is 0 Å². The van der Waals surface area contributed by atoms with Gasteiger partial charge in [-0.3, -0.25) is 4.98 Å². The molecule has 0 atom stereocenters. The van der Waals surface area contributed by atoms with Crippen molar-refractivity contribution in [1.29, 1.82) is 0 Å². The highest BCUT2D eigenvalue weighted by Gasteiger charge is 2.34. The van der Waals surface area contributed by atoms with E-state index < -0.39 is 11.9 Å². The molecule has 0 saturated carbocycles. The van der Waals surface area contributed by atoms with Gasteiger partial charge in [-0.05, 0) is 6.07 Å². The largest absolute Gasteiger partial charge is 0.433 e. The van der Waals surface area contributed by atoms with Crippen LogP contribution in [0.5, 0.6) is 0 Å². The standard InChI is InChI=1S/C9H8F3NS/c10-9(11,12)8-7(4-2-6-14)3-1-5-13-8/h1-5,14H,6H2. The normalized spacial score (nSPS) is 12.3. The van der Waals surface area contributed by atoms with Crippen LogP contribution in [0, 0.1) is 0 Å². The number of halogens is 3. The van der Waals surface area contributed by atoms with Gasteiger partial charge in [0.1, 0.15) is 0 Å². The molecule has 1 rings (SSSR count). The van der Waals surface area contributed by atoms with Crippen LogP contribution in [-0.4, -0.2) is 10.7 Å². The third kappa shape index (κ3) is 2.77. The number of alkyl halides is 3. The maximum absolute atomic E-state index is 12.4. The minimum atomic E-state index is -4.41. The fourth-order valence-corrected chi connectivity index (χ4v) is 1.07. The zero-order valence-corrected chi connectivity index (χ0v) is 8.02. The summed E-state index contributed by atoms with van der Waals surface area (Å²) in [6.45, 7) is 0. The van der Waals surface area contributed by atoms with Crippen LogP contribution in [0.2, 0.25) is 0 Å². The van der Waals surface area contributed by atoms with Crippen molar-refractivity contribution in [3.8, 4) is 0 Å². The summed E-state index contributed by atoms with van der Waals surface area (Å²) in [4.78, 5) is 3.30. The van der Waals surface area contributed by atoms with E-state index in [4.69, 9.17) is 0 Å². The Bertz CT molecular complexity index is 333. The second-order valence-corrected chi connectivity index (χ2v) is 2.89. The first-order valence-electron chi connectivity index (χ1n) is 3.85. The van der Waals surface area contributed by atoms with E-state index >= 15 is 0 Å². The summed E-state index contributed by atoms with van der Waals surface area (Å²) in [7, 11) is 0. The van der Waals surface area contributed by atoms with Gasteiger partial charge in [-0.2, -0.15) is 25.8 Å². The Morgan fingerprint density at radius 3 is 2.71 bits per heavy atom. The van der Waals surface area contributed by atoms with Crippen LogP contribution < -0.4 is 0 Å². The van der Waals surface area contributed by atoms with E-state index in [0.717, 1.165) is 6.20 Å². The van der Waals surface area contributed by atoms with Crippen molar-refractivity contribution in [2.45, 2.75) is 6.18 Å². The summed E-state index contributed by atoms with van der Waals surface area (Å²) in [5, 5.41) is 0. The van der Waals surface area contributed by atoms with Crippen molar-refractivity contribution in [2.75, 3.05) is 5.75 Å². The highest BCUT2D eigenvalue weighted by atomic mass is 32.1. The zero-order chi connectivity index (χ0) is 10.6. The highest BCUT2D eigenvalue weighted by molar-refractivity contribution is 7.80. The van der Waals surface area contributed by atoms with Gasteiger partial charge in [-0.25, -0.2) is 0 Å². The predicted octanol–water partition coefficient (Wildman–Crippen LogP) is 3.04. The van der Waals surface area contributed by atoms with Crippen LogP contribution in [0.4, 0.5) is 13.2 Å². The van der Waals surface area contributed by atoms with Gasteiger partial charge in [0, 0.05) is 17.5 Å². The van der Waals surface area contributed by atoms with Crippen molar-refractivity contribution in [1.82, 2.24) is 4.98 Å². The number of rotatable bonds is 2. The van der Waals surface area contributed by atoms with Crippen LogP contribution in [0.1, 0.15) is 11.3 Å². The molecule has 0 saturated heterocycles. The third-order valence-corrected chi connectivity index (χ3v) is 1.72. The molecular weight excluding hydrogens is 211 g/mol. The minimum Gasteiger partial charge on any atom is -0.251 e. The first-order chi connectivity index (χ1) is 6.55. The van der Waals surface area contributed by atoms with Crippen molar-refractivity contribution >= 4 is 18.7 Å². The smallest absolute Gasteiger partial charge is 0.251 e. The van der Waals surface area contributed by atoms with Gasteiger partial charge in [0.25, 0.3) is 0 Å². The van der Waals surface area contributed by atoms with Gasteiger partial charge in [-0.1, -0.05) is 18.2 Å². The molecular formula is C9H8F3NS. The zero-order valence-electron chi connectivity index (χ0n) is 7.12. The van der Waals surface area contributed by atoms with E-state index in [9.17, 15) is 13.2 Å². The molecule has 0 aromatic carbocycles. The summed E-state index contributed by atoms with van der Waals surface area (Å²) in [6.07, 6.45) is -0.378. The maximum atomic E-state index is 12.4. The lowest BCUT2D eigenvalue weighted by molar-refractivity contribution is -0.141. The van der Waals surface area contributed by atoms with Gasteiger partial charge in [-0.15, -0.1) is 0 Å². The van der Waals surface area contributed by atoms with Crippen LogP contribution in [0.15, 0.2) is 24.4 Å². The quantitative estimate of drug-likeness (QED) is 0.754. The van der Waals surface area contributed by atoms with Gasteiger partial charge in [0.05, 0.1) is 0 Å². The van der Waals surface area contributed by atoms with Crippen molar-refractivity contribution in [3.05, 3.63) is 35.7 Å². The van der Waals surface area contributed by atoms with Crippen molar-refractivity contribution in [2.24, 2.45) is 0 Å². The Kier molecular flexibility index (Phi) is 3.57.